The van der Waals surface area contributed by atoms with Crippen LogP contribution in [-0.4, -0.2) is 55.5 Å². The number of nitrogens with zero attached hydrogens (tertiary/aromatic N) is 2. The molecule has 0 aromatic heterocycles. The molecule has 1 amide bonds. The van der Waals surface area contributed by atoms with Crippen LogP contribution in [0.15, 0.2) is 28.7 Å². The van der Waals surface area contributed by atoms with E-state index in [9.17, 15) is 4.79 Å². The van der Waals surface area contributed by atoms with Crippen LogP contribution in [0.1, 0.15) is 24.9 Å². The van der Waals surface area contributed by atoms with E-state index in [4.69, 9.17) is 0 Å². The van der Waals surface area contributed by atoms with Crippen molar-refractivity contribution in [3.8, 4) is 0 Å². The van der Waals surface area contributed by atoms with Crippen LogP contribution < -0.4 is 5.32 Å². The fourth-order valence-electron chi connectivity index (χ4n) is 2.82. The standard InChI is InChI=1S/C16H24BrN3O.ClH/c1-3-15(13-4-6-14(17)7-5-13)19(2)12-16(21)20-10-8-18-9-11-20;/h4-7,15,18H,3,8-12H2,1-2H3;1H. The number of hydrogen-bond donors (Lipinski definition) is 1. The molecule has 1 unspecified atom stereocenters. The number of benzene rings is 1. The van der Waals surface area contributed by atoms with Crippen molar-refractivity contribution in [1.82, 2.24) is 15.1 Å². The van der Waals surface area contributed by atoms with Gasteiger partial charge in [0.1, 0.15) is 0 Å². The van der Waals surface area contributed by atoms with E-state index in [0.717, 1.165) is 37.1 Å². The van der Waals surface area contributed by atoms with E-state index in [-0.39, 0.29) is 24.4 Å². The zero-order valence-electron chi connectivity index (χ0n) is 13.2. The van der Waals surface area contributed by atoms with Gasteiger partial charge in [-0.1, -0.05) is 35.0 Å². The van der Waals surface area contributed by atoms with Crippen LogP contribution in [0.4, 0.5) is 0 Å². The van der Waals surface area contributed by atoms with Crippen LogP contribution in [0, 0.1) is 0 Å². The average Bonchev–Trinajstić information content (AvgIpc) is 2.50. The van der Waals surface area contributed by atoms with Gasteiger partial charge in [-0.2, -0.15) is 0 Å². The fraction of sp³-hybridized carbons (Fsp3) is 0.562. The number of carbonyl (C=O) groups excluding carboxylic acids is 1. The number of likely N-dealkylation sites (N-methyl/N-ethyl adjacent to an activating group) is 1. The molecule has 0 spiro atoms. The molecule has 1 saturated heterocycles. The van der Waals surface area contributed by atoms with Crippen molar-refractivity contribution in [1.29, 1.82) is 0 Å². The van der Waals surface area contributed by atoms with Crippen molar-refractivity contribution < 1.29 is 4.79 Å². The smallest absolute Gasteiger partial charge is 0.236 e. The van der Waals surface area contributed by atoms with Gasteiger partial charge in [-0.05, 0) is 31.2 Å². The van der Waals surface area contributed by atoms with Crippen LogP contribution in [0.25, 0.3) is 0 Å². The highest BCUT2D eigenvalue weighted by atomic mass is 79.9. The first-order valence-electron chi connectivity index (χ1n) is 7.56. The van der Waals surface area contributed by atoms with Gasteiger partial charge in [-0.15, -0.1) is 12.4 Å². The van der Waals surface area contributed by atoms with E-state index in [1.165, 1.54) is 5.56 Å². The first kappa shape index (κ1) is 19.4. The highest BCUT2D eigenvalue weighted by Gasteiger charge is 2.21. The third-order valence-electron chi connectivity index (χ3n) is 4.03. The largest absolute Gasteiger partial charge is 0.339 e. The molecule has 1 aliphatic rings. The number of amides is 1. The highest BCUT2D eigenvalue weighted by molar-refractivity contribution is 9.10. The van der Waals surface area contributed by atoms with Crippen molar-refractivity contribution in [2.75, 3.05) is 39.8 Å². The Balaban J connectivity index is 0.00000242. The SMILES string of the molecule is CCC(c1ccc(Br)cc1)N(C)CC(=O)N1CCNCC1.Cl. The zero-order chi connectivity index (χ0) is 15.2. The molecule has 0 bridgehead atoms. The minimum absolute atomic E-state index is 0. The van der Waals surface area contributed by atoms with Gasteiger partial charge in [-0.25, -0.2) is 0 Å². The summed E-state index contributed by atoms with van der Waals surface area (Å²) in [6.45, 7) is 6.09. The predicted molar refractivity (Wildman–Crippen MR) is 96.5 cm³/mol. The molecular weight excluding hydrogens is 366 g/mol. The molecule has 1 aromatic carbocycles. The first-order chi connectivity index (χ1) is 10.1. The number of carbonyl (C=O) groups is 1. The number of nitrogens with one attached hydrogen (secondary N) is 1. The lowest BCUT2D eigenvalue weighted by molar-refractivity contribution is -0.133. The molecule has 124 valence electrons. The van der Waals surface area contributed by atoms with Gasteiger partial charge < -0.3 is 10.2 Å². The second kappa shape index (κ2) is 9.50. The number of rotatable bonds is 5. The molecule has 1 aliphatic heterocycles. The summed E-state index contributed by atoms with van der Waals surface area (Å²) in [5, 5.41) is 3.28. The minimum atomic E-state index is 0. The predicted octanol–water partition coefficient (Wildman–Crippen LogP) is 2.69. The van der Waals surface area contributed by atoms with Crippen molar-refractivity contribution in [2.45, 2.75) is 19.4 Å². The molecule has 1 N–H and O–H groups in total. The summed E-state index contributed by atoms with van der Waals surface area (Å²) in [7, 11) is 2.04. The Bertz CT molecular complexity index is 463. The quantitative estimate of drug-likeness (QED) is 0.839. The molecule has 0 aliphatic carbocycles. The van der Waals surface area contributed by atoms with E-state index < -0.39 is 0 Å². The van der Waals surface area contributed by atoms with Gasteiger partial charge in [-0.3, -0.25) is 9.69 Å². The summed E-state index contributed by atoms with van der Waals surface area (Å²) < 4.78 is 1.08. The molecule has 1 aromatic rings. The van der Waals surface area contributed by atoms with Crippen molar-refractivity contribution >= 4 is 34.2 Å². The summed E-state index contributed by atoms with van der Waals surface area (Å²) in [6, 6.07) is 8.66. The van der Waals surface area contributed by atoms with Gasteiger partial charge in [0.25, 0.3) is 0 Å². The first-order valence-corrected chi connectivity index (χ1v) is 8.35. The average molecular weight is 391 g/mol. The minimum Gasteiger partial charge on any atom is -0.339 e. The van der Waals surface area contributed by atoms with Gasteiger partial charge >= 0.3 is 0 Å². The van der Waals surface area contributed by atoms with Crippen molar-refractivity contribution in [3.05, 3.63) is 34.3 Å². The summed E-state index contributed by atoms with van der Waals surface area (Å²) in [6.07, 6.45) is 0.993. The highest BCUT2D eigenvalue weighted by Crippen LogP contribution is 2.24. The Morgan fingerprint density at radius 1 is 1.32 bits per heavy atom. The molecule has 22 heavy (non-hydrogen) atoms. The third-order valence-corrected chi connectivity index (χ3v) is 4.56. The Morgan fingerprint density at radius 3 is 2.45 bits per heavy atom. The maximum atomic E-state index is 12.4. The van der Waals surface area contributed by atoms with E-state index in [1.807, 2.05) is 11.9 Å². The Labute approximate surface area is 147 Å². The molecule has 0 radical (unpaired) electrons. The lowest BCUT2D eigenvalue weighted by Gasteiger charge is -2.32. The van der Waals surface area contributed by atoms with Crippen LogP contribution >= 0.6 is 28.3 Å². The van der Waals surface area contributed by atoms with Crippen LogP contribution in [0.3, 0.4) is 0 Å². The number of hydrogen-bond acceptors (Lipinski definition) is 3. The summed E-state index contributed by atoms with van der Waals surface area (Å²) in [5.41, 5.74) is 1.26. The molecule has 1 fully saturated rings. The molecule has 1 atom stereocenters. The van der Waals surface area contributed by atoms with Gasteiger partial charge in [0.15, 0.2) is 0 Å². The zero-order valence-corrected chi connectivity index (χ0v) is 15.6. The van der Waals surface area contributed by atoms with Crippen molar-refractivity contribution in [3.63, 3.8) is 0 Å². The van der Waals surface area contributed by atoms with Crippen LogP contribution in [0.2, 0.25) is 0 Å². The van der Waals surface area contributed by atoms with E-state index in [1.54, 1.807) is 0 Å². The monoisotopic (exact) mass is 389 g/mol. The Kier molecular flexibility index (Phi) is 8.39. The summed E-state index contributed by atoms with van der Waals surface area (Å²) >= 11 is 3.47. The molecule has 1 heterocycles. The maximum absolute atomic E-state index is 12.4. The maximum Gasteiger partial charge on any atom is 0.236 e. The second-order valence-corrected chi connectivity index (χ2v) is 6.44. The van der Waals surface area contributed by atoms with Crippen molar-refractivity contribution in [2.24, 2.45) is 0 Å². The topological polar surface area (TPSA) is 35.6 Å². The van der Waals surface area contributed by atoms with Crippen LogP contribution in [-0.2, 0) is 4.79 Å². The molecular formula is C16H25BrClN3O. The van der Waals surface area contributed by atoms with E-state index >= 15 is 0 Å². The number of halogens is 2. The normalized spacial score (nSPS) is 16.3. The number of piperazine rings is 1. The fourth-order valence-corrected chi connectivity index (χ4v) is 3.09. The summed E-state index contributed by atoms with van der Waals surface area (Å²) in [4.78, 5) is 16.5. The Morgan fingerprint density at radius 2 is 1.91 bits per heavy atom. The molecule has 6 heteroatoms. The molecule has 0 saturated carbocycles. The Hall–Kier alpha value is -0.620. The molecule has 4 nitrogen and oxygen atoms in total. The summed E-state index contributed by atoms with van der Waals surface area (Å²) in [5.74, 6) is 0.231. The van der Waals surface area contributed by atoms with Gasteiger partial charge in [0, 0.05) is 36.7 Å². The van der Waals surface area contributed by atoms with E-state index in [0.29, 0.717) is 6.54 Å². The van der Waals surface area contributed by atoms with E-state index in [2.05, 4.69) is 57.3 Å². The van der Waals surface area contributed by atoms with Crippen LogP contribution in [0.5, 0.6) is 0 Å². The lowest BCUT2D eigenvalue weighted by Crippen LogP contribution is -2.49. The second-order valence-electron chi connectivity index (χ2n) is 5.52. The molecule has 2 rings (SSSR count). The van der Waals surface area contributed by atoms with Gasteiger partial charge in [0.05, 0.1) is 6.54 Å². The van der Waals surface area contributed by atoms with Gasteiger partial charge in [0.2, 0.25) is 5.91 Å². The lowest BCUT2D eigenvalue weighted by atomic mass is 10.0. The third kappa shape index (κ3) is 5.23.